The Labute approximate surface area is 154 Å². The van der Waals surface area contributed by atoms with Crippen molar-refractivity contribution in [3.05, 3.63) is 48.0 Å². The van der Waals surface area contributed by atoms with Gasteiger partial charge < -0.3 is 9.47 Å². The highest BCUT2D eigenvalue weighted by Crippen LogP contribution is 2.45. The lowest BCUT2D eigenvalue weighted by atomic mass is 9.72. The standard InChI is InChI=1S/C19H23NO4.ClH/c1-3-11-20-12-9-19(10-13-20)16(18(22)23-4-2)14-7-5-6-8-15(14)17(21)24-19;/h3,5-8,16H,1,4,9-13H2,2H3;1H. The molecule has 2 aliphatic rings. The van der Waals surface area contributed by atoms with E-state index in [1.807, 2.05) is 18.2 Å². The summed E-state index contributed by atoms with van der Waals surface area (Å²) in [7, 11) is 0. The van der Waals surface area contributed by atoms with Gasteiger partial charge in [-0.3, -0.25) is 9.69 Å². The summed E-state index contributed by atoms with van der Waals surface area (Å²) in [5.74, 6) is -1.21. The number of carbonyl (C=O) groups excluding carboxylic acids is 2. The molecule has 1 saturated heterocycles. The Bertz CT molecular complexity index is 653. The summed E-state index contributed by atoms with van der Waals surface area (Å²) in [4.78, 5) is 27.4. The van der Waals surface area contributed by atoms with Crippen molar-refractivity contribution in [1.29, 1.82) is 0 Å². The van der Waals surface area contributed by atoms with Gasteiger partial charge in [-0.15, -0.1) is 19.0 Å². The van der Waals surface area contributed by atoms with Gasteiger partial charge in [0.05, 0.1) is 12.2 Å². The van der Waals surface area contributed by atoms with Crippen molar-refractivity contribution in [3.8, 4) is 0 Å². The molecule has 1 spiro atoms. The number of rotatable bonds is 4. The van der Waals surface area contributed by atoms with Crippen molar-refractivity contribution < 1.29 is 19.1 Å². The van der Waals surface area contributed by atoms with Crippen LogP contribution in [0, 0.1) is 0 Å². The Hall–Kier alpha value is -1.85. The van der Waals surface area contributed by atoms with Gasteiger partial charge in [-0.25, -0.2) is 4.79 Å². The molecular weight excluding hydrogens is 342 g/mol. The van der Waals surface area contributed by atoms with E-state index in [0.717, 1.165) is 25.2 Å². The number of fused-ring (bicyclic) bond motifs is 1. The Morgan fingerprint density at radius 1 is 1.40 bits per heavy atom. The predicted molar refractivity (Wildman–Crippen MR) is 97.1 cm³/mol. The summed E-state index contributed by atoms with van der Waals surface area (Å²) in [6.45, 7) is 8.19. The maximum Gasteiger partial charge on any atom is 0.339 e. The molecule has 0 radical (unpaired) electrons. The summed E-state index contributed by atoms with van der Waals surface area (Å²) in [6, 6.07) is 7.19. The zero-order chi connectivity index (χ0) is 17.2. The number of piperidine rings is 1. The van der Waals surface area contributed by atoms with Crippen LogP contribution >= 0.6 is 12.4 Å². The zero-order valence-corrected chi connectivity index (χ0v) is 15.2. The summed E-state index contributed by atoms with van der Waals surface area (Å²) in [5, 5.41) is 0. The van der Waals surface area contributed by atoms with E-state index in [-0.39, 0.29) is 24.3 Å². The van der Waals surface area contributed by atoms with Gasteiger partial charge in [0, 0.05) is 32.5 Å². The third kappa shape index (κ3) is 3.58. The Morgan fingerprint density at radius 3 is 2.72 bits per heavy atom. The highest BCUT2D eigenvalue weighted by atomic mass is 35.5. The zero-order valence-electron chi connectivity index (χ0n) is 14.4. The fourth-order valence-electron chi connectivity index (χ4n) is 3.77. The SMILES string of the molecule is C=CCN1CCC2(CC1)OC(=O)c1ccccc1C2C(=O)OCC.Cl. The summed E-state index contributed by atoms with van der Waals surface area (Å²) in [6.07, 6.45) is 3.10. The first-order chi connectivity index (χ1) is 11.6. The van der Waals surface area contributed by atoms with E-state index < -0.39 is 11.5 Å². The van der Waals surface area contributed by atoms with E-state index in [2.05, 4.69) is 11.5 Å². The molecule has 6 heteroatoms. The largest absolute Gasteiger partial charge is 0.465 e. The Morgan fingerprint density at radius 2 is 2.08 bits per heavy atom. The minimum Gasteiger partial charge on any atom is -0.465 e. The average molecular weight is 366 g/mol. The van der Waals surface area contributed by atoms with E-state index in [4.69, 9.17) is 9.47 Å². The molecule has 0 N–H and O–H groups in total. The second-order valence-electron chi connectivity index (χ2n) is 6.32. The fourth-order valence-corrected chi connectivity index (χ4v) is 3.77. The van der Waals surface area contributed by atoms with Gasteiger partial charge >= 0.3 is 11.9 Å². The predicted octanol–water partition coefficient (Wildman–Crippen LogP) is 2.95. The van der Waals surface area contributed by atoms with Gasteiger partial charge in [-0.05, 0) is 18.6 Å². The summed E-state index contributed by atoms with van der Waals surface area (Å²) >= 11 is 0. The van der Waals surface area contributed by atoms with Crippen LogP contribution in [0.4, 0.5) is 0 Å². The molecule has 1 aromatic rings. The molecule has 5 nitrogen and oxygen atoms in total. The number of esters is 2. The van der Waals surface area contributed by atoms with Crippen molar-refractivity contribution in [2.45, 2.75) is 31.3 Å². The van der Waals surface area contributed by atoms with E-state index in [0.29, 0.717) is 25.0 Å². The second-order valence-corrected chi connectivity index (χ2v) is 6.32. The lowest BCUT2D eigenvalue weighted by Crippen LogP contribution is -2.55. The number of ether oxygens (including phenoxy) is 2. The molecule has 1 atom stereocenters. The molecule has 1 unspecified atom stereocenters. The third-order valence-corrected chi connectivity index (χ3v) is 4.93. The smallest absolute Gasteiger partial charge is 0.339 e. The van der Waals surface area contributed by atoms with Gasteiger partial charge in [0.1, 0.15) is 11.5 Å². The Kier molecular flexibility index (Phi) is 6.25. The van der Waals surface area contributed by atoms with Gasteiger partial charge in [0.15, 0.2) is 0 Å². The van der Waals surface area contributed by atoms with Crippen LogP contribution in [0.5, 0.6) is 0 Å². The minimum atomic E-state index is -0.810. The number of carbonyl (C=O) groups is 2. The molecule has 0 bridgehead atoms. The quantitative estimate of drug-likeness (QED) is 0.606. The lowest BCUT2D eigenvalue weighted by Gasteiger charge is -2.47. The molecule has 2 heterocycles. The minimum absolute atomic E-state index is 0. The molecule has 136 valence electrons. The first-order valence-corrected chi connectivity index (χ1v) is 8.43. The number of nitrogens with zero attached hydrogens (tertiary/aromatic N) is 1. The molecule has 0 amide bonds. The van der Waals surface area contributed by atoms with Crippen molar-refractivity contribution in [2.75, 3.05) is 26.2 Å². The van der Waals surface area contributed by atoms with Crippen LogP contribution < -0.4 is 0 Å². The van der Waals surface area contributed by atoms with Gasteiger partial charge in [0.2, 0.25) is 0 Å². The number of benzene rings is 1. The number of likely N-dealkylation sites (tertiary alicyclic amines) is 1. The molecule has 1 aromatic carbocycles. The van der Waals surface area contributed by atoms with E-state index in [1.54, 1.807) is 19.1 Å². The van der Waals surface area contributed by atoms with E-state index >= 15 is 0 Å². The lowest BCUT2D eigenvalue weighted by molar-refractivity contribution is -0.156. The van der Waals surface area contributed by atoms with Crippen molar-refractivity contribution in [1.82, 2.24) is 4.90 Å². The monoisotopic (exact) mass is 365 g/mol. The first kappa shape index (κ1) is 19.5. The van der Waals surface area contributed by atoms with Crippen LogP contribution in [-0.2, 0) is 14.3 Å². The van der Waals surface area contributed by atoms with E-state index in [1.165, 1.54) is 0 Å². The molecule has 1 fully saturated rings. The third-order valence-electron chi connectivity index (χ3n) is 4.93. The summed E-state index contributed by atoms with van der Waals surface area (Å²) in [5.41, 5.74) is 0.383. The molecule has 2 aliphatic heterocycles. The molecule has 0 aliphatic carbocycles. The maximum atomic E-state index is 12.7. The molecule has 3 rings (SSSR count). The van der Waals surface area contributed by atoms with Crippen LogP contribution in [0.3, 0.4) is 0 Å². The van der Waals surface area contributed by atoms with Crippen molar-refractivity contribution >= 4 is 24.3 Å². The molecule has 0 aromatic heterocycles. The van der Waals surface area contributed by atoms with Crippen molar-refractivity contribution in [2.24, 2.45) is 0 Å². The Balaban J connectivity index is 0.00000225. The second kappa shape index (κ2) is 8.02. The van der Waals surface area contributed by atoms with Crippen LogP contribution in [0.25, 0.3) is 0 Å². The maximum absolute atomic E-state index is 12.7. The number of hydrogen-bond donors (Lipinski definition) is 0. The van der Waals surface area contributed by atoms with Crippen molar-refractivity contribution in [3.63, 3.8) is 0 Å². The fraction of sp³-hybridized carbons (Fsp3) is 0.474. The number of hydrogen-bond acceptors (Lipinski definition) is 5. The van der Waals surface area contributed by atoms with Gasteiger partial charge in [-0.1, -0.05) is 24.3 Å². The van der Waals surface area contributed by atoms with Gasteiger partial charge in [-0.2, -0.15) is 0 Å². The highest BCUT2D eigenvalue weighted by Gasteiger charge is 2.53. The normalized spacial score (nSPS) is 21.6. The average Bonchev–Trinajstić information content (AvgIpc) is 2.58. The molecule has 25 heavy (non-hydrogen) atoms. The van der Waals surface area contributed by atoms with Crippen LogP contribution in [0.1, 0.15) is 41.6 Å². The number of halogens is 1. The summed E-state index contributed by atoms with van der Waals surface area (Å²) < 4.78 is 11.2. The first-order valence-electron chi connectivity index (χ1n) is 8.43. The van der Waals surface area contributed by atoms with E-state index in [9.17, 15) is 9.59 Å². The molecule has 0 saturated carbocycles. The van der Waals surface area contributed by atoms with Crippen LogP contribution in [0.2, 0.25) is 0 Å². The van der Waals surface area contributed by atoms with Crippen LogP contribution in [0.15, 0.2) is 36.9 Å². The van der Waals surface area contributed by atoms with Crippen LogP contribution in [-0.4, -0.2) is 48.7 Å². The topological polar surface area (TPSA) is 55.8 Å². The molecular formula is C19H24ClNO4. The highest BCUT2D eigenvalue weighted by molar-refractivity contribution is 5.96. The van der Waals surface area contributed by atoms with Gasteiger partial charge in [0.25, 0.3) is 0 Å².